The molecule has 1 atom stereocenters. The molecule has 6 nitrogen and oxygen atoms in total. The molecular weight excluding hydrogens is 362 g/mol. The van der Waals surface area contributed by atoms with E-state index < -0.39 is 10.0 Å². The Morgan fingerprint density at radius 3 is 2.64 bits per heavy atom. The predicted molar refractivity (Wildman–Crippen MR) is 102 cm³/mol. The molecule has 1 saturated heterocycles. The van der Waals surface area contributed by atoms with Crippen molar-refractivity contribution >= 4 is 28.3 Å². The zero-order valence-electron chi connectivity index (χ0n) is 14.8. The van der Waals surface area contributed by atoms with E-state index in [0.717, 1.165) is 24.9 Å². The molecule has 0 spiro atoms. The Kier molecular flexibility index (Phi) is 8.85. The standard InChI is InChI=1S/C17H27N3O3S.ClH/c1-18-10-12-19(2)17(21)16-9-6-11-20(13-16)24(22,23)14-15-7-4-3-5-8-15;/h3-5,7-8,16,18H,6,9-14H2,1-2H3;1H. The van der Waals surface area contributed by atoms with E-state index in [2.05, 4.69) is 5.32 Å². The molecule has 1 aromatic carbocycles. The van der Waals surface area contributed by atoms with Gasteiger partial charge in [-0.2, -0.15) is 0 Å². The molecule has 1 aliphatic rings. The van der Waals surface area contributed by atoms with Gasteiger partial charge in [0.25, 0.3) is 0 Å². The number of carbonyl (C=O) groups is 1. The van der Waals surface area contributed by atoms with Crippen molar-refractivity contribution in [2.45, 2.75) is 18.6 Å². The maximum absolute atomic E-state index is 12.7. The Hall–Kier alpha value is -1.15. The molecule has 0 radical (unpaired) electrons. The molecular formula is C17H28ClN3O3S. The highest BCUT2D eigenvalue weighted by Crippen LogP contribution is 2.22. The second kappa shape index (κ2) is 10.1. The Bertz CT molecular complexity index is 640. The fraction of sp³-hybridized carbons (Fsp3) is 0.588. The number of nitrogens with zero attached hydrogens (tertiary/aromatic N) is 2. The first-order valence-corrected chi connectivity index (χ1v) is 9.96. The van der Waals surface area contributed by atoms with Gasteiger partial charge >= 0.3 is 0 Å². The van der Waals surface area contributed by atoms with Gasteiger partial charge in [0.15, 0.2) is 0 Å². The topological polar surface area (TPSA) is 69.7 Å². The van der Waals surface area contributed by atoms with Crippen molar-refractivity contribution in [3.05, 3.63) is 35.9 Å². The molecule has 1 unspecified atom stereocenters. The molecule has 8 heteroatoms. The van der Waals surface area contributed by atoms with E-state index in [-0.39, 0.29) is 36.5 Å². The number of hydrogen-bond acceptors (Lipinski definition) is 4. The van der Waals surface area contributed by atoms with Crippen LogP contribution in [0.3, 0.4) is 0 Å². The first kappa shape index (κ1) is 21.9. The monoisotopic (exact) mass is 389 g/mol. The fourth-order valence-electron chi connectivity index (χ4n) is 2.97. The lowest BCUT2D eigenvalue weighted by Gasteiger charge is -2.33. The third kappa shape index (κ3) is 6.26. The third-order valence-corrected chi connectivity index (χ3v) is 6.21. The number of halogens is 1. The van der Waals surface area contributed by atoms with E-state index in [1.54, 1.807) is 11.9 Å². The van der Waals surface area contributed by atoms with Crippen molar-refractivity contribution in [2.24, 2.45) is 5.92 Å². The average molecular weight is 390 g/mol. The van der Waals surface area contributed by atoms with Crippen LogP contribution in [0.15, 0.2) is 30.3 Å². The van der Waals surface area contributed by atoms with Crippen molar-refractivity contribution in [3.8, 4) is 0 Å². The molecule has 1 aromatic rings. The number of sulfonamides is 1. The van der Waals surface area contributed by atoms with Crippen LogP contribution in [0, 0.1) is 5.92 Å². The van der Waals surface area contributed by atoms with Gasteiger partial charge < -0.3 is 10.2 Å². The molecule has 142 valence electrons. The molecule has 0 aromatic heterocycles. The van der Waals surface area contributed by atoms with Crippen LogP contribution in [0.25, 0.3) is 0 Å². The minimum atomic E-state index is -3.40. The molecule has 25 heavy (non-hydrogen) atoms. The maximum atomic E-state index is 12.7. The largest absolute Gasteiger partial charge is 0.344 e. The van der Waals surface area contributed by atoms with Gasteiger partial charge in [-0.25, -0.2) is 12.7 Å². The van der Waals surface area contributed by atoms with E-state index in [4.69, 9.17) is 0 Å². The van der Waals surface area contributed by atoms with Crippen LogP contribution in [0.4, 0.5) is 0 Å². The number of benzene rings is 1. The first-order chi connectivity index (χ1) is 11.4. The van der Waals surface area contributed by atoms with E-state index in [1.165, 1.54) is 4.31 Å². The van der Waals surface area contributed by atoms with Gasteiger partial charge in [-0.05, 0) is 25.5 Å². The van der Waals surface area contributed by atoms with Gasteiger partial charge in [0.2, 0.25) is 15.9 Å². The van der Waals surface area contributed by atoms with Gasteiger partial charge in [0, 0.05) is 33.2 Å². The number of hydrogen-bond donors (Lipinski definition) is 1. The number of nitrogens with one attached hydrogen (secondary N) is 1. The zero-order chi connectivity index (χ0) is 17.6. The van der Waals surface area contributed by atoms with Crippen LogP contribution in [-0.4, -0.2) is 63.8 Å². The highest BCUT2D eigenvalue weighted by molar-refractivity contribution is 7.88. The summed E-state index contributed by atoms with van der Waals surface area (Å²) < 4.78 is 26.8. The summed E-state index contributed by atoms with van der Waals surface area (Å²) >= 11 is 0. The second-order valence-electron chi connectivity index (χ2n) is 6.30. The Balaban J connectivity index is 0.00000312. The molecule has 1 heterocycles. The second-order valence-corrected chi connectivity index (χ2v) is 8.27. The molecule has 1 N–H and O–H groups in total. The fourth-order valence-corrected chi connectivity index (χ4v) is 4.58. The lowest BCUT2D eigenvalue weighted by molar-refractivity contribution is -0.135. The summed E-state index contributed by atoms with van der Waals surface area (Å²) in [6, 6.07) is 9.17. The molecule has 1 aliphatic heterocycles. The highest BCUT2D eigenvalue weighted by atomic mass is 35.5. The van der Waals surface area contributed by atoms with Crippen molar-refractivity contribution in [1.82, 2.24) is 14.5 Å². The number of piperidine rings is 1. The number of rotatable bonds is 7. The summed E-state index contributed by atoms with van der Waals surface area (Å²) in [5, 5.41) is 3.02. The summed E-state index contributed by atoms with van der Waals surface area (Å²) in [6.07, 6.45) is 1.48. The van der Waals surface area contributed by atoms with Gasteiger partial charge in [-0.15, -0.1) is 12.4 Å². The normalized spacial score (nSPS) is 18.4. The lowest BCUT2D eigenvalue weighted by Crippen LogP contribution is -2.47. The zero-order valence-corrected chi connectivity index (χ0v) is 16.5. The van der Waals surface area contributed by atoms with Gasteiger partial charge in [0.1, 0.15) is 0 Å². The molecule has 1 fully saturated rings. The quantitative estimate of drug-likeness (QED) is 0.763. The minimum Gasteiger partial charge on any atom is -0.344 e. The van der Waals surface area contributed by atoms with E-state index >= 15 is 0 Å². The number of amides is 1. The summed E-state index contributed by atoms with van der Waals surface area (Å²) in [5.41, 5.74) is 0.775. The van der Waals surface area contributed by atoms with Crippen molar-refractivity contribution < 1.29 is 13.2 Å². The van der Waals surface area contributed by atoms with Crippen LogP contribution in [0.1, 0.15) is 18.4 Å². The van der Waals surface area contributed by atoms with Crippen molar-refractivity contribution in [3.63, 3.8) is 0 Å². The van der Waals surface area contributed by atoms with Crippen LogP contribution in [-0.2, 0) is 20.6 Å². The average Bonchev–Trinajstić information content (AvgIpc) is 2.59. The summed E-state index contributed by atoms with van der Waals surface area (Å²) in [4.78, 5) is 14.2. The molecule has 0 bridgehead atoms. The Morgan fingerprint density at radius 1 is 1.32 bits per heavy atom. The van der Waals surface area contributed by atoms with Crippen LogP contribution in [0.2, 0.25) is 0 Å². The van der Waals surface area contributed by atoms with Gasteiger partial charge in [0.05, 0.1) is 11.7 Å². The Labute approximate surface area is 157 Å². The third-order valence-electron chi connectivity index (χ3n) is 4.39. The highest BCUT2D eigenvalue weighted by Gasteiger charge is 2.33. The lowest BCUT2D eigenvalue weighted by atomic mass is 9.98. The van der Waals surface area contributed by atoms with Gasteiger partial charge in [-0.1, -0.05) is 30.3 Å². The van der Waals surface area contributed by atoms with Crippen LogP contribution in [0.5, 0.6) is 0 Å². The summed E-state index contributed by atoms with van der Waals surface area (Å²) in [5.74, 6) is -0.222. The van der Waals surface area contributed by atoms with E-state index in [1.807, 2.05) is 37.4 Å². The molecule has 2 rings (SSSR count). The number of likely N-dealkylation sites (N-methyl/N-ethyl adjacent to an activating group) is 2. The first-order valence-electron chi connectivity index (χ1n) is 8.35. The summed E-state index contributed by atoms with van der Waals surface area (Å²) in [6.45, 7) is 2.14. The minimum absolute atomic E-state index is 0. The van der Waals surface area contributed by atoms with E-state index in [9.17, 15) is 13.2 Å². The van der Waals surface area contributed by atoms with Crippen molar-refractivity contribution in [1.29, 1.82) is 0 Å². The molecule has 0 saturated carbocycles. The van der Waals surface area contributed by atoms with Crippen LogP contribution >= 0.6 is 12.4 Å². The summed E-state index contributed by atoms with van der Waals surface area (Å²) in [7, 11) is 0.224. The number of carbonyl (C=O) groups excluding carboxylic acids is 1. The Morgan fingerprint density at radius 2 is 2.00 bits per heavy atom. The SMILES string of the molecule is CNCCN(C)C(=O)C1CCCN(S(=O)(=O)Cc2ccccc2)C1.Cl. The van der Waals surface area contributed by atoms with Crippen molar-refractivity contribution in [2.75, 3.05) is 40.3 Å². The molecule has 0 aliphatic carbocycles. The maximum Gasteiger partial charge on any atom is 0.226 e. The smallest absolute Gasteiger partial charge is 0.226 e. The van der Waals surface area contributed by atoms with Gasteiger partial charge in [-0.3, -0.25) is 4.79 Å². The molecule has 1 amide bonds. The van der Waals surface area contributed by atoms with E-state index in [0.29, 0.717) is 13.1 Å². The van der Waals surface area contributed by atoms with Crippen LogP contribution < -0.4 is 5.32 Å². The predicted octanol–water partition coefficient (Wildman–Crippen LogP) is 1.33.